The number of nitrogens with zero attached hydrogens (tertiary/aromatic N) is 2. The van der Waals surface area contributed by atoms with Gasteiger partial charge in [0.05, 0.1) is 10.7 Å². The molecule has 0 saturated carbocycles. The summed E-state index contributed by atoms with van der Waals surface area (Å²) in [5.41, 5.74) is 0.993. The molecular weight excluding hydrogens is 314 g/mol. The molecule has 1 aromatic heterocycles. The highest BCUT2D eigenvalue weighted by Gasteiger charge is 2.07. The quantitative estimate of drug-likeness (QED) is 0.904. The van der Waals surface area contributed by atoms with Crippen molar-refractivity contribution < 1.29 is 0 Å². The SMILES string of the molecule is CC(C)CNc1nccn1-c1ccc(Br)c(Cl)c1. The average molecular weight is 329 g/mol. The van der Waals surface area contributed by atoms with Gasteiger partial charge in [-0.2, -0.15) is 0 Å². The molecule has 1 N–H and O–H groups in total. The van der Waals surface area contributed by atoms with Gasteiger partial charge in [0, 0.05) is 23.4 Å². The maximum absolute atomic E-state index is 6.11. The Balaban J connectivity index is 2.27. The lowest BCUT2D eigenvalue weighted by atomic mass is 10.2. The summed E-state index contributed by atoms with van der Waals surface area (Å²) in [7, 11) is 0. The monoisotopic (exact) mass is 327 g/mol. The van der Waals surface area contributed by atoms with E-state index in [-0.39, 0.29) is 0 Å². The molecule has 0 unspecified atom stereocenters. The first-order valence-electron chi connectivity index (χ1n) is 5.80. The van der Waals surface area contributed by atoms with E-state index in [0.29, 0.717) is 10.9 Å². The predicted molar refractivity (Wildman–Crippen MR) is 79.6 cm³/mol. The van der Waals surface area contributed by atoms with Gasteiger partial charge in [0.15, 0.2) is 0 Å². The lowest BCUT2D eigenvalue weighted by Gasteiger charge is -2.12. The Kier molecular flexibility index (Phi) is 4.30. The van der Waals surface area contributed by atoms with Gasteiger partial charge >= 0.3 is 0 Å². The van der Waals surface area contributed by atoms with Gasteiger partial charge in [-0.1, -0.05) is 25.4 Å². The summed E-state index contributed by atoms with van der Waals surface area (Å²) in [5, 5.41) is 4.01. The molecule has 0 amide bonds. The van der Waals surface area contributed by atoms with Crippen LogP contribution in [-0.2, 0) is 0 Å². The predicted octanol–water partition coefficient (Wildman–Crippen LogP) is 4.36. The molecule has 0 radical (unpaired) electrons. The van der Waals surface area contributed by atoms with Gasteiger partial charge in [-0.05, 0) is 40.0 Å². The summed E-state index contributed by atoms with van der Waals surface area (Å²) in [6.45, 7) is 5.22. The summed E-state index contributed by atoms with van der Waals surface area (Å²) in [6, 6.07) is 5.84. The molecule has 0 spiro atoms. The average Bonchev–Trinajstić information content (AvgIpc) is 2.78. The first-order chi connectivity index (χ1) is 8.58. The molecule has 0 fully saturated rings. The van der Waals surface area contributed by atoms with Crippen LogP contribution in [0.4, 0.5) is 5.95 Å². The fourth-order valence-electron chi connectivity index (χ4n) is 1.57. The van der Waals surface area contributed by atoms with Crippen molar-refractivity contribution in [3.63, 3.8) is 0 Å². The van der Waals surface area contributed by atoms with Crippen LogP contribution in [0.15, 0.2) is 35.1 Å². The van der Waals surface area contributed by atoms with E-state index < -0.39 is 0 Å². The summed E-state index contributed by atoms with van der Waals surface area (Å²) in [4.78, 5) is 4.31. The molecule has 0 atom stereocenters. The summed E-state index contributed by atoms with van der Waals surface area (Å²) >= 11 is 9.50. The Morgan fingerprint density at radius 3 is 2.89 bits per heavy atom. The zero-order valence-electron chi connectivity index (χ0n) is 10.3. The van der Waals surface area contributed by atoms with Crippen molar-refractivity contribution in [3.8, 4) is 5.69 Å². The molecule has 1 aromatic carbocycles. The van der Waals surface area contributed by atoms with E-state index >= 15 is 0 Å². The fourth-order valence-corrected chi connectivity index (χ4v) is 1.99. The molecule has 96 valence electrons. The largest absolute Gasteiger partial charge is 0.355 e. The molecule has 0 aliphatic rings. The Labute approximate surface area is 120 Å². The number of aromatic nitrogens is 2. The first kappa shape index (κ1) is 13.4. The van der Waals surface area contributed by atoms with E-state index in [4.69, 9.17) is 11.6 Å². The van der Waals surface area contributed by atoms with Gasteiger partial charge in [-0.25, -0.2) is 4.98 Å². The summed E-state index contributed by atoms with van der Waals surface area (Å²) in [5.74, 6) is 1.41. The number of nitrogens with one attached hydrogen (secondary N) is 1. The van der Waals surface area contributed by atoms with E-state index in [2.05, 4.69) is 40.1 Å². The van der Waals surface area contributed by atoms with Crippen LogP contribution in [0.25, 0.3) is 5.69 Å². The van der Waals surface area contributed by atoms with E-state index in [1.54, 1.807) is 6.20 Å². The van der Waals surface area contributed by atoms with E-state index in [1.165, 1.54) is 0 Å². The van der Waals surface area contributed by atoms with Crippen LogP contribution in [0.2, 0.25) is 5.02 Å². The number of imidazole rings is 1. The van der Waals surface area contributed by atoms with Crippen LogP contribution in [0.3, 0.4) is 0 Å². The second kappa shape index (κ2) is 5.76. The molecule has 1 heterocycles. The van der Waals surface area contributed by atoms with E-state index in [0.717, 1.165) is 22.7 Å². The van der Waals surface area contributed by atoms with Crippen molar-refractivity contribution in [2.45, 2.75) is 13.8 Å². The lowest BCUT2D eigenvalue weighted by Crippen LogP contribution is -2.11. The van der Waals surface area contributed by atoms with Gasteiger partial charge in [0.1, 0.15) is 0 Å². The second-order valence-electron chi connectivity index (χ2n) is 4.49. The molecular formula is C13H15BrClN3. The smallest absolute Gasteiger partial charge is 0.207 e. The third kappa shape index (κ3) is 3.06. The standard InChI is InChI=1S/C13H15BrClN3/c1-9(2)8-17-13-16-5-6-18(13)10-3-4-11(14)12(15)7-10/h3-7,9H,8H2,1-2H3,(H,16,17). The second-order valence-corrected chi connectivity index (χ2v) is 5.76. The molecule has 2 aromatic rings. The first-order valence-corrected chi connectivity index (χ1v) is 6.97. The van der Waals surface area contributed by atoms with Gasteiger partial charge < -0.3 is 5.32 Å². The van der Waals surface area contributed by atoms with Crippen LogP contribution < -0.4 is 5.32 Å². The van der Waals surface area contributed by atoms with Crippen molar-refractivity contribution in [2.75, 3.05) is 11.9 Å². The molecule has 2 rings (SSSR count). The number of rotatable bonds is 4. The minimum absolute atomic E-state index is 0.573. The third-order valence-electron chi connectivity index (χ3n) is 2.49. The van der Waals surface area contributed by atoms with Crippen molar-refractivity contribution in [1.29, 1.82) is 0 Å². The molecule has 0 aliphatic carbocycles. The normalized spacial score (nSPS) is 10.9. The fraction of sp³-hybridized carbons (Fsp3) is 0.308. The Bertz CT molecular complexity index is 537. The zero-order valence-corrected chi connectivity index (χ0v) is 12.7. The van der Waals surface area contributed by atoms with Crippen LogP contribution in [-0.4, -0.2) is 16.1 Å². The zero-order chi connectivity index (χ0) is 13.1. The molecule has 0 saturated heterocycles. The molecule has 0 bridgehead atoms. The summed E-state index contributed by atoms with van der Waals surface area (Å²) < 4.78 is 2.88. The van der Waals surface area contributed by atoms with E-state index in [9.17, 15) is 0 Å². The van der Waals surface area contributed by atoms with Crippen LogP contribution in [0, 0.1) is 5.92 Å². The minimum atomic E-state index is 0.573. The highest BCUT2D eigenvalue weighted by atomic mass is 79.9. The molecule has 18 heavy (non-hydrogen) atoms. The minimum Gasteiger partial charge on any atom is -0.355 e. The summed E-state index contributed by atoms with van der Waals surface area (Å²) in [6.07, 6.45) is 3.70. The van der Waals surface area contributed by atoms with Gasteiger partial charge in [0.25, 0.3) is 0 Å². The Morgan fingerprint density at radius 1 is 1.44 bits per heavy atom. The lowest BCUT2D eigenvalue weighted by molar-refractivity contribution is 0.683. The third-order valence-corrected chi connectivity index (χ3v) is 3.72. The maximum atomic E-state index is 6.11. The van der Waals surface area contributed by atoms with Crippen molar-refractivity contribution >= 4 is 33.5 Å². The molecule has 3 nitrogen and oxygen atoms in total. The number of anilines is 1. The van der Waals surface area contributed by atoms with Crippen LogP contribution in [0.1, 0.15) is 13.8 Å². The van der Waals surface area contributed by atoms with Crippen LogP contribution in [0.5, 0.6) is 0 Å². The van der Waals surface area contributed by atoms with Crippen molar-refractivity contribution in [1.82, 2.24) is 9.55 Å². The van der Waals surface area contributed by atoms with Gasteiger partial charge in [-0.15, -0.1) is 0 Å². The molecule has 5 heteroatoms. The van der Waals surface area contributed by atoms with E-state index in [1.807, 2.05) is 29.0 Å². The van der Waals surface area contributed by atoms with Gasteiger partial charge in [0.2, 0.25) is 5.95 Å². The van der Waals surface area contributed by atoms with Crippen molar-refractivity contribution in [3.05, 3.63) is 40.1 Å². The Morgan fingerprint density at radius 2 is 2.22 bits per heavy atom. The Hall–Kier alpha value is -1.000. The number of hydrogen-bond donors (Lipinski definition) is 1. The maximum Gasteiger partial charge on any atom is 0.207 e. The van der Waals surface area contributed by atoms with Gasteiger partial charge in [-0.3, -0.25) is 4.57 Å². The molecule has 0 aliphatic heterocycles. The highest BCUT2D eigenvalue weighted by molar-refractivity contribution is 9.10. The van der Waals surface area contributed by atoms with Crippen LogP contribution >= 0.6 is 27.5 Å². The topological polar surface area (TPSA) is 29.9 Å². The number of benzene rings is 1. The highest BCUT2D eigenvalue weighted by Crippen LogP contribution is 2.26. The van der Waals surface area contributed by atoms with Crippen molar-refractivity contribution in [2.24, 2.45) is 5.92 Å². The number of halogens is 2. The number of hydrogen-bond acceptors (Lipinski definition) is 2.